The van der Waals surface area contributed by atoms with Crippen molar-refractivity contribution >= 4 is 11.6 Å². The molecule has 1 heterocycles. The summed E-state index contributed by atoms with van der Waals surface area (Å²) in [5, 5.41) is 4.68. The second-order valence-electron chi connectivity index (χ2n) is 5.12. The van der Waals surface area contributed by atoms with Crippen molar-refractivity contribution < 1.29 is 9.26 Å². The SMILES string of the molecule is CC(C)Oc1ccc(-c2nc(-c3ccc(Cl)cc3)no2)cc1. The summed E-state index contributed by atoms with van der Waals surface area (Å²) < 4.78 is 10.9. The third-order valence-electron chi connectivity index (χ3n) is 3.00. The van der Waals surface area contributed by atoms with E-state index in [2.05, 4.69) is 10.1 Å². The molecule has 4 nitrogen and oxygen atoms in total. The van der Waals surface area contributed by atoms with Crippen molar-refractivity contribution in [2.75, 3.05) is 0 Å². The maximum Gasteiger partial charge on any atom is 0.258 e. The summed E-state index contributed by atoms with van der Waals surface area (Å²) in [4.78, 5) is 4.41. The van der Waals surface area contributed by atoms with Crippen molar-refractivity contribution in [3.63, 3.8) is 0 Å². The van der Waals surface area contributed by atoms with Gasteiger partial charge in [0.05, 0.1) is 6.10 Å². The van der Waals surface area contributed by atoms with Gasteiger partial charge in [-0.2, -0.15) is 4.98 Å². The molecule has 1 aromatic heterocycles. The van der Waals surface area contributed by atoms with Crippen LogP contribution in [0.4, 0.5) is 0 Å². The minimum absolute atomic E-state index is 0.144. The van der Waals surface area contributed by atoms with Gasteiger partial charge in [-0.15, -0.1) is 0 Å². The number of benzene rings is 2. The third kappa shape index (κ3) is 3.28. The van der Waals surface area contributed by atoms with Crippen LogP contribution in [0.15, 0.2) is 53.1 Å². The standard InChI is InChI=1S/C17H15ClN2O2/c1-11(2)21-15-9-5-13(6-10-15)17-19-16(20-22-17)12-3-7-14(18)8-4-12/h3-11H,1-2H3. The van der Waals surface area contributed by atoms with Crippen molar-refractivity contribution in [1.82, 2.24) is 10.1 Å². The zero-order chi connectivity index (χ0) is 15.5. The number of aromatic nitrogens is 2. The molecule has 0 aliphatic carbocycles. The molecule has 3 rings (SSSR count). The molecule has 0 fully saturated rings. The Morgan fingerprint density at radius 1 is 0.955 bits per heavy atom. The maximum atomic E-state index is 5.87. The number of rotatable bonds is 4. The summed E-state index contributed by atoms with van der Waals surface area (Å²) >= 11 is 5.87. The lowest BCUT2D eigenvalue weighted by Gasteiger charge is -2.09. The smallest absolute Gasteiger partial charge is 0.258 e. The molecule has 0 unspecified atom stereocenters. The van der Waals surface area contributed by atoms with Gasteiger partial charge in [0.2, 0.25) is 5.82 Å². The van der Waals surface area contributed by atoms with Crippen molar-refractivity contribution in [3.05, 3.63) is 53.6 Å². The molecule has 2 aromatic carbocycles. The first kappa shape index (κ1) is 14.6. The van der Waals surface area contributed by atoms with E-state index in [-0.39, 0.29) is 6.10 Å². The summed E-state index contributed by atoms with van der Waals surface area (Å²) in [6.07, 6.45) is 0.144. The number of nitrogens with zero attached hydrogens (tertiary/aromatic N) is 2. The Bertz CT molecular complexity index is 749. The second kappa shape index (κ2) is 6.20. The second-order valence-corrected chi connectivity index (χ2v) is 5.56. The van der Waals surface area contributed by atoms with E-state index in [1.54, 1.807) is 12.1 Å². The van der Waals surface area contributed by atoms with Crippen LogP contribution in [0.1, 0.15) is 13.8 Å². The molecule has 0 aliphatic heterocycles. The minimum Gasteiger partial charge on any atom is -0.491 e. The molecular formula is C17H15ClN2O2. The number of hydrogen-bond acceptors (Lipinski definition) is 4. The molecule has 0 saturated heterocycles. The molecule has 0 aliphatic rings. The lowest BCUT2D eigenvalue weighted by Crippen LogP contribution is -2.05. The van der Waals surface area contributed by atoms with E-state index in [4.69, 9.17) is 20.9 Å². The zero-order valence-corrected chi connectivity index (χ0v) is 13.0. The summed E-state index contributed by atoms with van der Waals surface area (Å²) in [6, 6.07) is 14.9. The van der Waals surface area contributed by atoms with Gasteiger partial charge in [-0.25, -0.2) is 0 Å². The molecule has 0 radical (unpaired) electrons. The fourth-order valence-corrected chi connectivity index (χ4v) is 2.13. The van der Waals surface area contributed by atoms with Crippen LogP contribution in [0.2, 0.25) is 5.02 Å². The zero-order valence-electron chi connectivity index (χ0n) is 12.3. The Morgan fingerprint density at radius 3 is 2.23 bits per heavy atom. The third-order valence-corrected chi connectivity index (χ3v) is 3.25. The predicted molar refractivity (Wildman–Crippen MR) is 85.9 cm³/mol. The monoisotopic (exact) mass is 314 g/mol. The summed E-state index contributed by atoms with van der Waals surface area (Å²) in [5.41, 5.74) is 1.71. The van der Waals surface area contributed by atoms with Gasteiger partial charge in [0, 0.05) is 16.1 Å². The first-order valence-corrected chi connectivity index (χ1v) is 7.36. The van der Waals surface area contributed by atoms with E-state index in [1.165, 1.54) is 0 Å². The van der Waals surface area contributed by atoms with Crippen molar-refractivity contribution in [1.29, 1.82) is 0 Å². The summed E-state index contributed by atoms with van der Waals surface area (Å²) in [7, 11) is 0. The number of halogens is 1. The predicted octanol–water partition coefficient (Wildman–Crippen LogP) is 4.84. The molecule has 3 aromatic rings. The van der Waals surface area contributed by atoms with Crippen LogP contribution in [-0.4, -0.2) is 16.2 Å². The molecule has 0 N–H and O–H groups in total. The molecule has 22 heavy (non-hydrogen) atoms. The molecular weight excluding hydrogens is 300 g/mol. The van der Waals surface area contributed by atoms with Gasteiger partial charge in [-0.3, -0.25) is 0 Å². The van der Waals surface area contributed by atoms with Crippen LogP contribution in [0.25, 0.3) is 22.8 Å². The van der Waals surface area contributed by atoms with Gasteiger partial charge >= 0.3 is 0 Å². The lowest BCUT2D eigenvalue weighted by atomic mass is 10.2. The van der Waals surface area contributed by atoms with Crippen LogP contribution >= 0.6 is 11.6 Å². The minimum atomic E-state index is 0.144. The van der Waals surface area contributed by atoms with E-state index in [0.717, 1.165) is 16.9 Å². The van der Waals surface area contributed by atoms with Crippen LogP contribution in [0.3, 0.4) is 0 Å². The Kier molecular flexibility index (Phi) is 4.11. The molecule has 0 amide bonds. The van der Waals surface area contributed by atoms with E-state index >= 15 is 0 Å². The Hall–Kier alpha value is -2.33. The van der Waals surface area contributed by atoms with E-state index < -0.39 is 0 Å². The van der Waals surface area contributed by atoms with Crippen molar-refractivity contribution in [2.45, 2.75) is 20.0 Å². The summed E-state index contributed by atoms with van der Waals surface area (Å²) in [6.45, 7) is 3.98. The molecule has 0 spiro atoms. The maximum absolute atomic E-state index is 5.87. The van der Waals surface area contributed by atoms with Crippen molar-refractivity contribution in [2.24, 2.45) is 0 Å². The highest BCUT2D eigenvalue weighted by atomic mass is 35.5. The molecule has 5 heteroatoms. The highest BCUT2D eigenvalue weighted by Gasteiger charge is 2.10. The largest absolute Gasteiger partial charge is 0.491 e. The van der Waals surface area contributed by atoms with Gasteiger partial charge in [-0.05, 0) is 62.4 Å². The van der Waals surface area contributed by atoms with E-state index in [9.17, 15) is 0 Å². The fraction of sp³-hybridized carbons (Fsp3) is 0.176. The quantitative estimate of drug-likeness (QED) is 0.691. The molecule has 0 saturated carbocycles. The average molecular weight is 315 g/mol. The molecule has 0 bridgehead atoms. The van der Waals surface area contributed by atoms with Gasteiger partial charge < -0.3 is 9.26 Å². The van der Waals surface area contributed by atoms with Gasteiger partial charge in [0.25, 0.3) is 5.89 Å². The number of ether oxygens (including phenoxy) is 1. The first-order chi connectivity index (χ1) is 10.6. The van der Waals surface area contributed by atoms with Crippen LogP contribution in [0.5, 0.6) is 5.75 Å². The Labute approximate surface area is 133 Å². The summed E-state index contributed by atoms with van der Waals surface area (Å²) in [5.74, 6) is 1.83. The topological polar surface area (TPSA) is 48.2 Å². The highest BCUT2D eigenvalue weighted by molar-refractivity contribution is 6.30. The molecule has 0 atom stereocenters. The average Bonchev–Trinajstić information content (AvgIpc) is 2.98. The van der Waals surface area contributed by atoms with Gasteiger partial charge in [0.15, 0.2) is 0 Å². The van der Waals surface area contributed by atoms with Crippen LogP contribution in [-0.2, 0) is 0 Å². The number of hydrogen-bond donors (Lipinski definition) is 0. The van der Waals surface area contributed by atoms with Gasteiger partial charge in [0.1, 0.15) is 5.75 Å². The normalized spacial score (nSPS) is 10.9. The van der Waals surface area contributed by atoms with Crippen molar-refractivity contribution in [3.8, 4) is 28.6 Å². The Morgan fingerprint density at radius 2 is 1.59 bits per heavy atom. The van der Waals surface area contributed by atoms with Crippen LogP contribution < -0.4 is 4.74 Å². The first-order valence-electron chi connectivity index (χ1n) is 6.98. The van der Waals surface area contributed by atoms with E-state index in [1.807, 2.05) is 50.2 Å². The Balaban J connectivity index is 1.82. The van der Waals surface area contributed by atoms with Gasteiger partial charge in [-0.1, -0.05) is 16.8 Å². The lowest BCUT2D eigenvalue weighted by molar-refractivity contribution is 0.242. The van der Waals surface area contributed by atoms with Crippen LogP contribution in [0, 0.1) is 0 Å². The molecule has 112 valence electrons. The highest BCUT2D eigenvalue weighted by Crippen LogP contribution is 2.25. The van der Waals surface area contributed by atoms with E-state index in [0.29, 0.717) is 16.7 Å². The fourth-order valence-electron chi connectivity index (χ4n) is 2.01.